The maximum Gasteiger partial charge on any atom is 0.246 e. The van der Waals surface area contributed by atoms with Crippen LogP contribution in [0.1, 0.15) is 31.1 Å². The number of hydrogen-bond acceptors (Lipinski definition) is 5. The molecule has 7 nitrogen and oxygen atoms in total. The molecule has 27 heavy (non-hydrogen) atoms. The van der Waals surface area contributed by atoms with E-state index in [-0.39, 0.29) is 17.6 Å². The predicted molar refractivity (Wildman–Crippen MR) is 105 cm³/mol. The van der Waals surface area contributed by atoms with Gasteiger partial charge in [0.2, 0.25) is 11.8 Å². The van der Waals surface area contributed by atoms with E-state index < -0.39 is 6.04 Å². The predicted octanol–water partition coefficient (Wildman–Crippen LogP) is 3.30. The van der Waals surface area contributed by atoms with Gasteiger partial charge in [-0.3, -0.25) is 14.4 Å². The molecule has 3 N–H and O–H groups in total. The van der Waals surface area contributed by atoms with Crippen LogP contribution in [0.25, 0.3) is 0 Å². The van der Waals surface area contributed by atoms with E-state index in [4.69, 9.17) is 4.74 Å². The first-order chi connectivity index (χ1) is 12.8. The topological polar surface area (TPSA) is 96.5 Å². The molecule has 7 heteroatoms. The van der Waals surface area contributed by atoms with Gasteiger partial charge in [0.05, 0.1) is 12.8 Å². The minimum Gasteiger partial charge on any atom is -0.495 e. The minimum atomic E-state index is -0.570. The van der Waals surface area contributed by atoms with Crippen LogP contribution in [0.4, 0.5) is 17.1 Å². The number of rotatable bonds is 7. The summed E-state index contributed by atoms with van der Waals surface area (Å²) >= 11 is 0. The molecule has 1 unspecified atom stereocenters. The van der Waals surface area contributed by atoms with Crippen LogP contribution in [0.3, 0.4) is 0 Å². The van der Waals surface area contributed by atoms with E-state index in [1.165, 1.54) is 21.0 Å². The molecule has 0 saturated carbocycles. The molecule has 2 amide bonds. The van der Waals surface area contributed by atoms with E-state index in [1.54, 1.807) is 49.4 Å². The van der Waals surface area contributed by atoms with Crippen molar-refractivity contribution in [2.24, 2.45) is 0 Å². The molecule has 0 fully saturated rings. The molecule has 0 radical (unpaired) electrons. The van der Waals surface area contributed by atoms with Gasteiger partial charge in [-0.05, 0) is 56.3 Å². The second-order valence-electron chi connectivity index (χ2n) is 6.09. The van der Waals surface area contributed by atoms with Gasteiger partial charge in [0.1, 0.15) is 11.8 Å². The first kappa shape index (κ1) is 20.0. The summed E-state index contributed by atoms with van der Waals surface area (Å²) in [5, 5.41) is 8.56. The third kappa shape index (κ3) is 5.57. The number of ketones is 1. The maximum atomic E-state index is 12.4. The molecule has 142 valence electrons. The zero-order valence-corrected chi connectivity index (χ0v) is 15.8. The third-order valence-electron chi connectivity index (χ3n) is 3.84. The number of amides is 2. The van der Waals surface area contributed by atoms with Gasteiger partial charge < -0.3 is 20.7 Å². The SMILES string of the molecule is COc1ccc(NC(C)=O)cc1NC(C)C(=O)Nc1ccc(C(C)=O)cc1. The van der Waals surface area contributed by atoms with Gasteiger partial charge in [0, 0.05) is 23.9 Å². The van der Waals surface area contributed by atoms with E-state index in [2.05, 4.69) is 16.0 Å². The summed E-state index contributed by atoms with van der Waals surface area (Å²) in [6.45, 7) is 4.62. The molecule has 2 rings (SSSR count). The fourth-order valence-electron chi connectivity index (χ4n) is 2.44. The standard InChI is InChI=1S/C20H23N3O4/c1-12(20(26)23-16-7-5-15(6-8-16)13(2)24)21-18-11-17(22-14(3)25)9-10-19(18)27-4/h5-12,21H,1-4H3,(H,22,25)(H,23,26). The highest BCUT2D eigenvalue weighted by atomic mass is 16.5. The zero-order chi connectivity index (χ0) is 20.0. The molecule has 1 atom stereocenters. The van der Waals surface area contributed by atoms with Crippen molar-refractivity contribution in [1.29, 1.82) is 0 Å². The fraction of sp³-hybridized carbons (Fsp3) is 0.250. The van der Waals surface area contributed by atoms with E-state index >= 15 is 0 Å². The quantitative estimate of drug-likeness (QED) is 0.651. The molecule has 0 bridgehead atoms. The van der Waals surface area contributed by atoms with Crippen molar-refractivity contribution in [3.63, 3.8) is 0 Å². The number of ether oxygens (including phenoxy) is 1. The van der Waals surface area contributed by atoms with Crippen molar-refractivity contribution < 1.29 is 19.1 Å². The summed E-state index contributed by atoms with van der Waals surface area (Å²) in [5.74, 6) is 0.0760. The summed E-state index contributed by atoms with van der Waals surface area (Å²) in [7, 11) is 1.53. The number of carbonyl (C=O) groups is 3. The molecule has 0 aliphatic heterocycles. The molecule has 0 aliphatic rings. The van der Waals surface area contributed by atoms with Crippen LogP contribution in [-0.4, -0.2) is 30.7 Å². The van der Waals surface area contributed by atoms with E-state index in [0.717, 1.165) is 0 Å². The Morgan fingerprint density at radius 3 is 2.11 bits per heavy atom. The number of benzene rings is 2. The minimum absolute atomic E-state index is 0.0333. The number of methoxy groups -OCH3 is 1. The van der Waals surface area contributed by atoms with E-state index in [0.29, 0.717) is 28.4 Å². The highest BCUT2D eigenvalue weighted by Crippen LogP contribution is 2.28. The Kier molecular flexibility index (Phi) is 6.54. The van der Waals surface area contributed by atoms with Crippen LogP contribution in [0.2, 0.25) is 0 Å². The number of hydrogen-bond donors (Lipinski definition) is 3. The molecular formula is C20H23N3O4. The Hall–Kier alpha value is -3.35. The molecule has 0 heterocycles. The smallest absolute Gasteiger partial charge is 0.246 e. The van der Waals surface area contributed by atoms with Crippen molar-refractivity contribution in [2.45, 2.75) is 26.8 Å². The second kappa shape index (κ2) is 8.84. The normalized spacial score (nSPS) is 11.3. The molecule has 2 aromatic rings. The first-order valence-corrected chi connectivity index (χ1v) is 8.44. The van der Waals surface area contributed by atoms with Crippen molar-refractivity contribution in [3.8, 4) is 5.75 Å². The summed E-state index contributed by atoms with van der Waals surface area (Å²) in [5.41, 5.74) is 2.35. The van der Waals surface area contributed by atoms with Crippen molar-refractivity contribution in [2.75, 3.05) is 23.1 Å². The number of nitrogens with one attached hydrogen (secondary N) is 3. The third-order valence-corrected chi connectivity index (χ3v) is 3.84. The average molecular weight is 369 g/mol. The second-order valence-corrected chi connectivity index (χ2v) is 6.09. The van der Waals surface area contributed by atoms with Crippen LogP contribution < -0.4 is 20.7 Å². The molecule has 0 saturated heterocycles. The van der Waals surface area contributed by atoms with E-state index in [1.807, 2.05) is 0 Å². The van der Waals surface area contributed by atoms with Gasteiger partial charge in [-0.25, -0.2) is 0 Å². The van der Waals surface area contributed by atoms with Gasteiger partial charge in [-0.15, -0.1) is 0 Å². The van der Waals surface area contributed by atoms with Gasteiger partial charge in [-0.2, -0.15) is 0 Å². The summed E-state index contributed by atoms with van der Waals surface area (Å²) in [6.07, 6.45) is 0. The lowest BCUT2D eigenvalue weighted by molar-refractivity contribution is -0.116. The lowest BCUT2D eigenvalue weighted by atomic mass is 10.1. The van der Waals surface area contributed by atoms with Crippen LogP contribution in [0, 0.1) is 0 Å². The molecular weight excluding hydrogens is 346 g/mol. The molecule has 2 aromatic carbocycles. The van der Waals surface area contributed by atoms with Crippen LogP contribution >= 0.6 is 0 Å². The van der Waals surface area contributed by atoms with Crippen LogP contribution in [0.15, 0.2) is 42.5 Å². The average Bonchev–Trinajstić information content (AvgIpc) is 2.61. The largest absolute Gasteiger partial charge is 0.495 e. The summed E-state index contributed by atoms with van der Waals surface area (Å²) in [6, 6.07) is 11.2. The molecule has 0 spiro atoms. The lowest BCUT2D eigenvalue weighted by Crippen LogP contribution is -2.32. The highest BCUT2D eigenvalue weighted by Gasteiger charge is 2.16. The zero-order valence-electron chi connectivity index (χ0n) is 15.8. The summed E-state index contributed by atoms with van der Waals surface area (Å²) in [4.78, 5) is 35.0. The Bertz CT molecular complexity index is 847. The maximum absolute atomic E-state index is 12.4. The van der Waals surface area contributed by atoms with Crippen molar-refractivity contribution >= 4 is 34.7 Å². The highest BCUT2D eigenvalue weighted by molar-refractivity contribution is 5.98. The van der Waals surface area contributed by atoms with Crippen LogP contribution in [0.5, 0.6) is 5.75 Å². The lowest BCUT2D eigenvalue weighted by Gasteiger charge is -2.18. The Balaban J connectivity index is 2.08. The van der Waals surface area contributed by atoms with E-state index in [9.17, 15) is 14.4 Å². The number of carbonyl (C=O) groups excluding carboxylic acids is 3. The van der Waals surface area contributed by atoms with Gasteiger partial charge >= 0.3 is 0 Å². The Morgan fingerprint density at radius 2 is 1.56 bits per heavy atom. The molecule has 0 aliphatic carbocycles. The molecule has 0 aromatic heterocycles. The number of Topliss-reactive ketones (excluding diaryl/α,β-unsaturated/α-hetero) is 1. The van der Waals surface area contributed by atoms with Crippen LogP contribution in [-0.2, 0) is 9.59 Å². The first-order valence-electron chi connectivity index (χ1n) is 8.44. The van der Waals surface area contributed by atoms with Crippen molar-refractivity contribution in [3.05, 3.63) is 48.0 Å². The van der Waals surface area contributed by atoms with Crippen molar-refractivity contribution in [1.82, 2.24) is 0 Å². The number of anilines is 3. The van der Waals surface area contributed by atoms with Gasteiger partial charge in [-0.1, -0.05) is 0 Å². The Morgan fingerprint density at radius 1 is 0.926 bits per heavy atom. The Labute approximate surface area is 158 Å². The van der Waals surface area contributed by atoms with Gasteiger partial charge in [0.25, 0.3) is 0 Å². The van der Waals surface area contributed by atoms with Gasteiger partial charge in [0.15, 0.2) is 5.78 Å². The monoisotopic (exact) mass is 369 g/mol. The fourth-order valence-corrected chi connectivity index (χ4v) is 2.44. The summed E-state index contributed by atoms with van der Waals surface area (Å²) < 4.78 is 5.30.